The average molecular weight is 494 g/mol. The molecule has 0 aliphatic heterocycles. The predicted molar refractivity (Wildman–Crippen MR) is 131 cm³/mol. The molecule has 0 spiro atoms. The number of hydrogen-bond acceptors (Lipinski definition) is 6. The van der Waals surface area contributed by atoms with Gasteiger partial charge in [-0.25, -0.2) is 19.2 Å². The molecule has 3 aromatic rings. The second-order valence-electron chi connectivity index (χ2n) is 8.54. The summed E-state index contributed by atoms with van der Waals surface area (Å²) in [6, 6.07) is 11.3. The molecule has 2 amide bonds. The number of hydrogen-bond donors (Lipinski definition) is 3. The number of nitrogens with one attached hydrogen (secondary N) is 1. The molecular formula is C26H28FN5O4. The number of halogens is 1. The van der Waals surface area contributed by atoms with Crippen molar-refractivity contribution in [3.63, 3.8) is 0 Å². The largest absolute Gasteiger partial charge is 0.478 e. The van der Waals surface area contributed by atoms with Gasteiger partial charge in [0.1, 0.15) is 17.8 Å². The summed E-state index contributed by atoms with van der Waals surface area (Å²) in [7, 11) is 0. The molecule has 0 aliphatic carbocycles. The third kappa shape index (κ3) is 7.41. The molecule has 4 N–H and O–H groups in total. The lowest BCUT2D eigenvalue weighted by atomic mass is 10.0. The molecular weight excluding hydrogens is 465 g/mol. The first-order valence-corrected chi connectivity index (χ1v) is 11.3. The first-order valence-electron chi connectivity index (χ1n) is 11.3. The number of aromatic carboxylic acids is 1. The fourth-order valence-corrected chi connectivity index (χ4v) is 3.77. The number of aryl methyl sites for hydroxylation is 2. The van der Waals surface area contributed by atoms with E-state index in [1.54, 1.807) is 49.1 Å². The highest BCUT2D eigenvalue weighted by molar-refractivity contribution is 5.92. The molecule has 3 rings (SSSR count). The summed E-state index contributed by atoms with van der Waals surface area (Å²) in [5, 5.41) is 12.0. The number of carboxylic acids is 1. The van der Waals surface area contributed by atoms with Crippen molar-refractivity contribution in [2.75, 3.05) is 13.1 Å². The van der Waals surface area contributed by atoms with Crippen molar-refractivity contribution in [1.82, 2.24) is 20.2 Å². The first kappa shape index (κ1) is 26.4. The number of benzene rings is 2. The van der Waals surface area contributed by atoms with E-state index < -0.39 is 17.8 Å². The van der Waals surface area contributed by atoms with E-state index in [1.807, 2.05) is 6.07 Å². The van der Waals surface area contributed by atoms with Crippen molar-refractivity contribution in [3.8, 4) is 0 Å². The summed E-state index contributed by atoms with van der Waals surface area (Å²) in [4.78, 5) is 45.5. The molecule has 0 radical (unpaired) electrons. The van der Waals surface area contributed by atoms with E-state index >= 15 is 0 Å². The molecule has 1 aromatic heterocycles. The van der Waals surface area contributed by atoms with Crippen LogP contribution in [0.5, 0.6) is 0 Å². The number of nitrogens with two attached hydrogens (primary N) is 1. The fourth-order valence-electron chi connectivity index (χ4n) is 3.77. The van der Waals surface area contributed by atoms with Gasteiger partial charge in [-0.05, 0) is 60.7 Å². The molecule has 0 unspecified atom stereocenters. The maximum absolute atomic E-state index is 13.4. The van der Waals surface area contributed by atoms with Crippen LogP contribution < -0.4 is 11.1 Å². The molecule has 10 heteroatoms. The van der Waals surface area contributed by atoms with Crippen molar-refractivity contribution in [2.45, 2.75) is 33.4 Å². The Morgan fingerprint density at radius 1 is 1.03 bits per heavy atom. The van der Waals surface area contributed by atoms with Crippen molar-refractivity contribution in [3.05, 3.63) is 93.8 Å². The monoisotopic (exact) mass is 493 g/mol. The standard InChI is InChI=1S/C26H28FN5O4/c1-16-9-18(3-5-21(16)26(35)36)7-8-32(14-24(28)33)13-20-11-23(31-15-30-20)25(34)29-12-19-4-6-22(27)17(2)10-19/h3-6,9-11,15H,7-8,12-14H2,1-2H3,(H2,28,33)(H,29,34)(H,35,36). The minimum atomic E-state index is -0.981. The number of aromatic nitrogens is 2. The molecule has 0 atom stereocenters. The Morgan fingerprint density at radius 3 is 2.42 bits per heavy atom. The van der Waals surface area contributed by atoms with Crippen LogP contribution in [0.1, 0.15) is 48.8 Å². The number of amides is 2. The van der Waals surface area contributed by atoms with Crippen LogP contribution in [0.25, 0.3) is 0 Å². The predicted octanol–water partition coefficient (Wildman–Crippen LogP) is 2.39. The van der Waals surface area contributed by atoms with E-state index in [9.17, 15) is 23.9 Å². The maximum Gasteiger partial charge on any atom is 0.335 e. The Kier molecular flexibility index (Phi) is 8.80. The summed E-state index contributed by atoms with van der Waals surface area (Å²) in [5.41, 5.74) is 9.20. The lowest BCUT2D eigenvalue weighted by molar-refractivity contribution is -0.119. The highest BCUT2D eigenvalue weighted by Gasteiger charge is 2.14. The van der Waals surface area contributed by atoms with Crippen LogP contribution in [0.3, 0.4) is 0 Å². The number of carboxylic acid groups (broad SMARTS) is 1. The minimum absolute atomic E-state index is 0.0123. The third-order valence-corrected chi connectivity index (χ3v) is 5.63. The van der Waals surface area contributed by atoms with Crippen LogP contribution in [-0.2, 0) is 24.3 Å². The van der Waals surface area contributed by atoms with Gasteiger partial charge in [0, 0.05) is 19.6 Å². The average Bonchev–Trinajstić information content (AvgIpc) is 2.82. The maximum atomic E-state index is 13.4. The Labute approximate surface area is 208 Å². The molecule has 0 saturated carbocycles. The minimum Gasteiger partial charge on any atom is -0.478 e. The van der Waals surface area contributed by atoms with Gasteiger partial charge in [0.2, 0.25) is 5.91 Å². The van der Waals surface area contributed by atoms with Gasteiger partial charge >= 0.3 is 5.97 Å². The second kappa shape index (κ2) is 12.0. The summed E-state index contributed by atoms with van der Waals surface area (Å²) < 4.78 is 13.4. The number of primary amides is 1. The topological polar surface area (TPSA) is 139 Å². The van der Waals surface area contributed by atoms with E-state index in [0.29, 0.717) is 29.8 Å². The second-order valence-corrected chi connectivity index (χ2v) is 8.54. The SMILES string of the molecule is Cc1cc(CNC(=O)c2cc(CN(CCc3ccc(C(=O)O)c(C)c3)CC(N)=O)ncn2)ccc1F. The third-order valence-electron chi connectivity index (χ3n) is 5.63. The van der Waals surface area contributed by atoms with Crippen LogP contribution in [-0.4, -0.2) is 50.8 Å². The van der Waals surface area contributed by atoms with Crippen LogP contribution >= 0.6 is 0 Å². The van der Waals surface area contributed by atoms with Crippen LogP contribution in [0.4, 0.5) is 4.39 Å². The molecule has 9 nitrogen and oxygen atoms in total. The van der Waals surface area contributed by atoms with Crippen LogP contribution in [0.15, 0.2) is 48.8 Å². The van der Waals surface area contributed by atoms with E-state index in [-0.39, 0.29) is 36.7 Å². The molecule has 188 valence electrons. The smallest absolute Gasteiger partial charge is 0.335 e. The van der Waals surface area contributed by atoms with Gasteiger partial charge < -0.3 is 16.2 Å². The van der Waals surface area contributed by atoms with Crippen LogP contribution in [0, 0.1) is 19.7 Å². The first-order chi connectivity index (χ1) is 17.1. The zero-order valence-electron chi connectivity index (χ0n) is 20.1. The van der Waals surface area contributed by atoms with Gasteiger partial charge in [0.15, 0.2) is 0 Å². The summed E-state index contributed by atoms with van der Waals surface area (Å²) >= 11 is 0. The van der Waals surface area contributed by atoms with Crippen molar-refractivity contribution in [2.24, 2.45) is 5.73 Å². The molecule has 0 aliphatic rings. The lowest BCUT2D eigenvalue weighted by Gasteiger charge is -2.20. The van der Waals surface area contributed by atoms with Crippen molar-refractivity contribution in [1.29, 1.82) is 0 Å². The molecule has 1 heterocycles. The highest BCUT2D eigenvalue weighted by Crippen LogP contribution is 2.13. The van der Waals surface area contributed by atoms with Gasteiger partial charge in [-0.1, -0.05) is 24.3 Å². The van der Waals surface area contributed by atoms with Gasteiger partial charge in [-0.3, -0.25) is 14.5 Å². The fraction of sp³-hybridized carbons (Fsp3) is 0.269. The van der Waals surface area contributed by atoms with E-state index in [1.165, 1.54) is 12.4 Å². The van der Waals surface area contributed by atoms with E-state index in [4.69, 9.17) is 5.73 Å². The molecule has 0 saturated heterocycles. The summed E-state index contributed by atoms with van der Waals surface area (Å²) in [5.74, 6) is -2.20. The van der Waals surface area contributed by atoms with E-state index in [2.05, 4.69) is 15.3 Å². The zero-order chi connectivity index (χ0) is 26.2. The molecule has 2 aromatic carbocycles. The van der Waals surface area contributed by atoms with Crippen LogP contribution in [0.2, 0.25) is 0 Å². The van der Waals surface area contributed by atoms with Gasteiger partial charge in [0.25, 0.3) is 5.91 Å². The number of rotatable bonds is 11. The Morgan fingerprint density at radius 2 is 1.75 bits per heavy atom. The summed E-state index contributed by atoms with van der Waals surface area (Å²) in [6.07, 6.45) is 1.84. The zero-order valence-corrected chi connectivity index (χ0v) is 20.1. The Hall–Kier alpha value is -4.18. The number of carbonyl (C=O) groups is 3. The lowest BCUT2D eigenvalue weighted by Crippen LogP contribution is -2.35. The molecule has 0 fully saturated rings. The van der Waals surface area contributed by atoms with Gasteiger partial charge in [0.05, 0.1) is 17.8 Å². The normalized spacial score (nSPS) is 10.9. The van der Waals surface area contributed by atoms with Gasteiger partial charge in [-0.15, -0.1) is 0 Å². The number of nitrogens with zero attached hydrogens (tertiary/aromatic N) is 3. The molecule has 0 bridgehead atoms. The van der Waals surface area contributed by atoms with Crippen molar-refractivity contribution < 1.29 is 23.9 Å². The highest BCUT2D eigenvalue weighted by atomic mass is 19.1. The van der Waals surface area contributed by atoms with E-state index in [0.717, 1.165) is 11.1 Å². The van der Waals surface area contributed by atoms with Gasteiger partial charge in [-0.2, -0.15) is 0 Å². The molecule has 36 heavy (non-hydrogen) atoms. The number of carbonyl (C=O) groups excluding carboxylic acids is 2. The Balaban J connectivity index is 1.64. The Bertz CT molecular complexity index is 1280. The summed E-state index contributed by atoms with van der Waals surface area (Å²) in [6.45, 7) is 4.31. The van der Waals surface area contributed by atoms with Crippen molar-refractivity contribution >= 4 is 17.8 Å². The quantitative estimate of drug-likeness (QED) is 0.373.